The van der Waals surface area contributed by atoms with Crippen molar-refractivity contribution < 1.29 is 9.53 Å². The summed E-state index contributed by atoms with van der Waals surface area (Å²) < 4.78 is 5.21. The molecule has 0 aliphatic carbocycles. The van der Waals surface area contributed by atoms with Crippen molar-refractivity contribution in [2.45, 2.75) is 12.8 Å². The van der Waals surface area contributed by atoms with Crippen LogP contribution in [0.3, 0.4) is 0 Å². The first kappa shape index (κ1) is 15.8. The normalized spacial score (nSPS) is 15.6. The minimum Gasteiger partial charge on any atom is -0.384 e. The maximum absolute atomic E-state index is 12.6. The highest BCUT2D eigenvalue weighted by Gasteiger charge is 2.23. The summed E-state index contributed by atoms with van der Waals surface area (Å²) in [7, 11) is 1.74. The Balaban J connectivity index is 1.64. The van der Waals surface area contributed by atoms with Crippen molar-refractivity contribution in [1.82, 2.24) is 4.90 Å². The first-order chi connectivity index (χ1) is 11.3. The van der Waals surface area contributed by atoms with Crippen molar-refractivity contribution in [2.24, 2.45) is 5.92 Å². The minimum absolute atomic E-state index is 0.139. The number of carbonyl (C=O) groups is 1. The standard InChI is InChI=1S/C20H23NO2/c1-23-15-16-11-13-21(14-12-16)20(22)19-9-7-18(8-10-19)17-5-3-2-4-6-17/h2-10,16H,11-15H2,1H3. The van der Waals surface area contributed by atoms with Gasteiger partial charge in [-0.1, -0.05) is 42.5 Å². The first-order valence-electron chi connectivity index (χ1n) is 8.21. The second-order valence-corrected chi connectivity index (χ2v) is 6.13. The molecule has 120 valence electrons. The number of rotatable bonds is 4. The molecule has 3 heteroatoms. The fourth-order valence-corrected chi connectivity index (χ4v) is 3.16. The van der Waals surface area contributed by atoms with Gasteiger partial charge in [-0.05, 0) is 42.0 Å². The van der Waals surface area contributed by atoms with Crippen molar-refractivity contribution in [3.8, 4) is 11.1 Å². The molecule has 1 fully saturated rings. The van der Waals surface area contributed by atoms with Gasteiger partial charge in [0.2, 0.25) is 0 Å². The van der Waals surface area contributed by atoms with E-state index >= 15 is 0 Å². The third-order valence-corrected chi connectivity index (χ3v) is 4.54. The number of carbonyl (C=O) groups excluding carboxylic acids is 1. The van der Waals surface area contributed by atoms with Crippen molar-refractivity contribution in [3.63, 3.8) is 0 Å². The maximum Gasteiger partial charge on any atom is 0.253 e. The monoisotopic (exact) mass is 309 g/mol. The van der Waals surface area contributed by atoms with Crippen LogP contribution in [0.2, 0.25) is 0 Å². The molecule has 0 bridgehead atoms. The Morgan fingerprint density at radius 3 is 2.22 bits per heavy atom. The summed E-state index contributed by atoms with van der Waals surface area (Å²) in [5.41, 5.74) is 3.09. The third kappa shape index (κ3) is 3.80. The average Bonchev–Trinajstić information content (AvgIpc) is 2.63. The van der Waals surface area contributed by atoms with E-state index in [1.165, 1.54) is 5.56 Å². The molecule has 1 aliphatic rings. The van der Waals surface area contributed by atoms with Crippen LogP contribution in [0.15, 0.2) is 54.6 Å². The zero-order valence-corrected chi connectivity index (χ0v) is 13.6. The zero-order valence-electron chi connectivity index (χ0n) is 13.6. The van der Waals surface area contributed by atoms with Crippen molar-refractivity contribution in [1.29, 1.82) is 0 Å². The number of methoxy groups -OCH3 is 1. The number of hydrogen-bond acceptors (Lipinski definition) is 2. The third-order valence-electron chi connectivity index (χ3n) is 4.54. The number of likely N-dealkylation sites (tertiary alicyclic amines) is 1. The van der Waals surface area contributed by atoms with Gasteiger partial charge >= 0.3 is 0 Å². The summed E-state index contributed by atoms with van der Waals surface area (Å²) >= 11 is 0. The van der Waals surface area contributed by atoms with Crippen LogP contribution in [0.25, 0.3) is 11.1 Å². The SMILES string of the molecule is COCC1CCN(C(=O)c2ccc(-c3ccccc3)cc2)CC1. The lowest BCUT2D eigenvalue weighted by Gasteiger charge is -2.31. The van der Waals surface area contributed by atoms with Gasteiger partial charge in [-0.15, -0.1) is 0 Å². The Morgan fingerprint density at radius 2 is 1.61 bits per heavy atom. The van der Waals surface area contributed by atoms with Gasteiger partial charge in [0.05, 0.1) is 0 Å². The molecule has 0 radical (unpaired) electrons. The van der Waals surface area contributed by atoms with Crippen LogP contribution in [0, 0.1) is 5.92 Å². The van der Waals surface area contributed by atoms with Crippen LogP contribution in [-0.2, 0) is 4.74 Å². The average molecular weight is 309 g/mol. The number of benzene rings is 2. The predicted octanol–water partition coefficient (Wildman–Crippen LogP) is 3.85. The fraction of sp³-hybridized carbons (Fsp3) is 0.350. The molecule has 3 nitrogen and oxygen atoms in total. The number of hydrogen-bond donors (Lipinski definition) is 0. The Labute approximate surface area is 137 Å². The highest BCUT2D eigenvalue weighted by Crippen LogP contribution is 2.22. The largest absolute Gasteiger partial charge is 0.384 e. The summed E-state index contributed by atoms with van der Waals surface area (Å²) in [6.45, 7) is 2.45. The van der Waals surface area contributed by atoms with Crippen molar-refractivity contribution in [2.75, 3.05) is 26.8 Å². The van der Waals surface area contributed by atoms with Gasteiger partial charge in [0, 0.05) is 32.4 Å². The molecule has 1 aliphatic heterocycles. The molecule has 1 heterocycles. The zero-order chi connectivity index (χ0) is 16.1. The lowest BCUT2D eigenvalue weighted by atomic mass is 9.97. The minimum atomic E-state index is 0.139. The van der Waals surface area contributed by atoms with Crippen LogP contribution in [0.4, 0.5) is 0 Å². The Kier molecular flexibility index (Phi) is 5.09. The van der Waals surface area contributed by atoms with Crippen LogP contribution in [-0.4, -0.2) is 37.6 Å². The molecule has 0 spiro atoms. The second-order valence-electron chi connectivity index (χ2n) is 6.13. The molecule has 0 saturated carbocycles. The molecule has 1 amide bonds. The molecule has 0 unspecified atom stereocenters. The lowest BCUT2D eigenvalue weighted by molar-refractivity contribution is 0.0613. The van der Waals surface area contributed by atoms with Crippen LogP contribution >= 0.6 is 0 Å². The van der Waals surface area contributed by atoms with E-state index in [1.807, 2.05) is 47.4 Å². The second kappa shape index (κ2) is 7.42. The summed E-state index contributed by atoms with van der Waals surface area (Å²) in [5, 5.41) is 0. The molecule has 3 rings (SSSR count). The van der Waals surface area contributed by atoms with Gasteiger partial charge in [0.1, 0.15) is 0 Å². The molecule has 0 N–H and O–H groups in total. The Bertz CT molecular complexity index is 628. The molecule has 23 heavy (non-hydrogen) atoms. The molecular formula is C20H23NO2. The van der Waals surface area contributed by atoms with Gasteiger partial charge < -0.3 is 9.64 Å². The quantitative estimate of drug-likeness (QED) is 0.858. The summed E-state index contributed by atoms with van der Waals surface area (Å²) in [6.07, 6.45) is 2.06. The fourth-order valence-electron chi connectivity index (χ4n) is 3.16. The topological polar surface area (TPSA) is 29.5 Å². The smallest absolute Gasteiger partial charge is 0.253 e. The van der Waals surface area contributed by atoms with E-state index in [-0.39, 0.29) is 5.91 Å². The maximum atomic E-state index is 12.6. The first-order valence-corrected chi connectivity index (χ1v) is 8.21. The van der Waals surface area contributed by atoms with E-state index in [4.69, 9.17) is 4.74 Å². The van der Waals surface area contributed by atoms with Crippen LogP contribution < -0.4 is 0 Å². The van der Waals surface area contributed by atoms with E-state index in [9.17, 15) is 4.79 Å². The Hall–Kier alpha value is -2.13. The van der Waals surface area contributed by atoms with E-state index in [0.717, 1.165) is 43.7 Å². The molecule has 2 aromatic rings. The molecule has 0 atom stereocenters. The van der Waals surface area contributed by atoms with Gasteiger partial charge in [-0.3, -0.25) is 4.79 Å². The Morgan fingerprint density at radius 1 is 1.00 bits per heavy atom. The molecular weight excluding hydrogens is 286 g/mol. The summed E-state index contributed by atoms with van der Waals surface area (Å²) in [4.78, 5) is 14.6. The summed E-state index contributed by atoms with van der Waals surface area (Å²) in [6, 6.07) is 18.2. The van der Waals surface area contributed by atoms with E-state index in [1.54, 1.807) is 7.11 Å². The summed E-state index contributed by atoms with van der Waals surface area (Å²) in [5.74, 6) is 0.727. The van der Waals surface area contributed by atoms with Crippen LogP contribution in [0.5, 0.6) is 0 Å². The lowest BCUT2D eigenvalue weighted by Crippen LogP contribution is -2.39. The molecule has 1 saturated heterocycles. The number of amides is 1. The van der Waals surface area contributed by atoms with E-state index < -0.39 is 0 Å². The number of nitrogens with zero attached hydrogens (tertiary/aromatic N) is 1. The number of ether oxygens (including phenoxy) is 1. The molecule has 2 aromatic carbocycles. The van der Waals surface area contributed by atoms with Gasteiger partial charge in [-0.25, -0.2) is 0 Å². The van der Waals surface area contributed by atoms with E-state index in [2.05, 4.69) is 12.1 Å². The van der Waals surface area contributed by atoms with Gasteiger partial charge in [0.15, 0.2) is 0 Å². The predicted molar refractivity (Wildman–Crippen MR) is 92.4 cm³/mol. The highest BCUT2D eigenvalue weighted by molar-refractivity contribution is 5.94. The van der Waals surface area contributed by atoms with Crippen molar-refractivity contribution in [3.05, 3.63) is 60.2 Å². The van der Waals surface area contributed by atoms with E-state index in [0.29, 0.717) is 5.92 Å². The highest BCUT2D eigenvalue weighted by atomic mass is 16.5. The molecule has 0 aromatic heterocycles. The van der Waals surface area contributed by atoms with Gasteiger partial charge in [0.25, 0.3) is 5.91 Å². The van der Waals surface area contributed by atoms with Gasteiger partial charge in [-0.2, -0.15) is 0 Å². The van der Waals surface area contributed by atoms with Crippen molar-refractivity contribution >= 4 is 5.91 Å². The van der Waals surface area contributed by atoms with Crippen LogP contribution in [0.1, 0.15) is 23.2 Å². The number of piperidine rings is 1.